The number of hydrogen-bond donors (Lipinski definition) is 1. The first-order chi connectivity index (χ1) is 12.1. The van der Waals surface area contributed by atoms with Crippen LogP contribution >= 0.6 is 0 Å². The van der Waals surface area contributed by atoms with Crippen molar-refractivity contribution in [2.45, 2.75) is 20.1 Å². The van der Waals surface area contributed by atoms with Crippen LogP contribution in [0.3, 0.4) is 0 Å². The van der Waals surface area contributed by atoms with Crippen LogP contribution in [-0.2, 0) is 4.74 Å². The number of ketones is 2. The van der Waals surface area contributed by atoms with Gasteiger partial charge in [0.25, 0.3) is 0 Å². The lowest BCUT2D eigenvalue weighted by atomic mass is 10.00. The molecule has 25 heavy (non-hydrogen) atoms. The maximum absolute atomic E-state index is 12.8. The second-order valence-electron chi connectivity index (χ2n) is 5.61. The van der Waals surface area contributed by atoms with Gasteiger partial charge in [0.05, 0.1) is 11.1 Å². The average Bonchev–Trinajstić information content (AvgIpc) is 2.62. The monoisotopic (exact) mass is 337 g/mol. The van der Waals surface area contributed by atoms with E-state index in [1.54, 1.807) is 48.7 Å². The van der Waals surface area contributed by atoms with Gasteiger partial charge in [-0.25, -0.2) is 0 Å². The zero-order chi connectivity index (χ0) is 17.8. The van der Waals surface area contributed by atoms with Crippen molar-refractivity contribution in [3.05, 3.63) is 71.4 Å². The Morgan fingerprint density at radius 2 is 1.92 bits per heavy atom. The SMILES string of the molecule is CCO[C@H]1Oc2ccccc2C(=O)/C1=C/Nc1ccc(C(C)=O)cc1. The van der Waals surface area contributed by atoms with E-state index < -0.39 is 6.29 Å². The van der Waals surface area contributed by atoms with Crippen molar-refractivity contribution >= 4 is 17.3 Å². The molecule has 0 radical (unpaired) electrons. The Kier molecular flexibility index (Phi) is 4.95. The van der Waals surface area contributed by atoms with Crippen molar-refractivity contribution in [1.29, 1.82) is 0 Å². The van der Waals surface area contributed by atoms with Gasteiger partial charge in [-0.3, -0.25) is 9.59 Å². The molecule has 1 aliphatic rings. The standard InChI is InChI=1S/C20H19NO4/c1-3-24-20-17(19(23)16-6-4-5-7-18(16)25-20)12-21-15-10-8-14(9-11-15)13(2)22/h4-12,20-21H,3H2,1-2H3/b17-12-/t20-/m0/s1. The molecule has 0 unspecified atom stereocenters. The summed E-state index contributed by atoms with van der Waals surface area (Å²) < 4.78 is 11.4. The lowest BCUT2D eigenvalue weighted by Crippen LogP contribution is -2.33. The maximum Gasteiger partial charge on any atom is 0.232 e. The van der Waals surface area contributed by atoms with E-state index in [-0.39, 0.29) is 11.6 Å². The number of hydrogen-bond acceptors (Lipinski definition) is 5. The molecule has 0 aromatic heterocycles. The molecule has 1 heterocycles. The van der Waals surface area contributed by atoms with Crippen molar-refractivity contribution in [3.63, 3.8) is 0 Å². The molecule has 0 aliphatic carbocycles. The van der Waals surface area contributed by atoms with E-state index >= 15 is 0 Å². The Labute approximate surface area is 146 Å². The van der Waals surface area contributed by atoms with Crippen LogP contribution in [0, 0.1) is 0 Å². The number of rotatable bonds is 5. The molecule has 2 aromatic carbocycles. The van der Waals surface area contributed by atoms with Crippen LogP contribution < -0.4 is 10.1 Å². The van der Waals surface area contributed by atoms with E-state index in [0.29, 0.717) is 29.1 Å². The summed E-state index contributed by atoms with van der Waals surface area (Å²) in [5.74, 6) is 0.399. The van der Waals surface area contributed by atoms with E-state index in [2.05, 4.69) is 5.32 Å². The number of anilines is 1. The first kappa shape index (κ1) is 16.9. The van der Waals surface area contributed by atoms with Crippen LogP contribution in [0.2, 0.25) is 0 Å². The van der Waals surface area contributed by atoms with Gasteiger partial charge in [-0.05, 0) is 50.2 Å². The summed E-state index contributed by atoms with van der Waals surface area (Å²) in [4.78, 5) is 24.1. The number of para-hydroxylation sites is 1. The van der Waals surface area contributed by atoms with Crippen molar-refractivity contribution < 1.29 is 19.1 Å². The highest BCUT2D eigenvalue weighted by molar-refractivity contribution is 6.12. The summed E-state index contributed by atoms with van der Waals surface area (Å²) in [5, 5.41) is 3.08. The Morgan fingerprint density at radius 3 is 2.60 bits per heavy atom. The molecule has 0 spiro atoms. The van der Waals surface area contributed by atoms with Crippen molar-refractivity contribution in [2.24, 2.45) is 0 Å². The van der Waals surface area contributed by atoms with Crippen LogP contribution in [0.5, 0.6) is 5.75 Å². The molecule has 5 heteroatoms. The zero-order valence-electron chi connectivity index (χ0n) is 14.1. The number of fused-ring (bicyclic) bond motifs is 1. The van der Waals surface area contributed by atoms with Gasteiger partial charge < -0.3 is 14.8 Å². The number of nitrogens with one attached hydrogen (secondary N) is 1. The maximum atomic E-state index is 12.8. The second kappa shape index (κ2) is 7.32. The molecule has 0 bridgehead atoms. The molecular weight excluding hydrogens is 318 g/mol. The Bertz CT molecular complexity index is 824. The van der Waals surface area contributed by atoms with Crippen LogP contribution in [0.15, 0.2) is 60.3 Å². The molecule has 0 fully saturated rings. The highest BCUT2D eigenvalue weighted by atomic mass is 16.7. The molecule has 1 atom stereocenters. The number of carbonyl (C=O) groups is 2. The summed E-state index contributed by atoms with van der Waals surface area (Å²) in [5.41, 5.74) is 2.31. The lowest BCUT2D eigenvalue weighted by Gasteiger charge is -2.27. The average molecular weight is 337 g/mol. The van der Waals surface area contributed by atoms with Gasteiger partial charge in [-0.15, -0.1) is 0 Å². The van der Waals surface area contributed by atoms with Crippen molar-refractivity contribution in [3.8, 4) is 5.75 Å². The third kappa shape index (κ3) is 3.61. The Hall–Kier alpha value is -2.92. The van der Waals surface area contributed by atoms with Crippen LogP contribution in [0.4, 0.5) is 5.69 Å². The van der Waals surface area contributed by atoms with Gasteiger partial charge in [0.1, 0.15) is 5.75 Å². The van der Waals surface area contributed by atoms with E-state index in [1.807, 2.05) is 13.0 Å². The first-order valence-electron chi connectivity index (χ1n) is 8.09. The predicted octanol–water partition coefficient (Wildman–Crippen LogP) is 3.82. The summed E-state index contributed by atoms with van der Waals surface area (Å²) in [6.07, 6.45) is 0.845. The molecule has 2 aromatic rings. The predicted molar refractivity (Wildman–Crippen MR) is 95.0 cm³/mol. The molecule has 3 rings (SSSR count). The van der Waals surface area contributed by atoms with Gasteiger partial charge in [-0.1, -0.05) is 12.1 Å². The minimum atomic E-state index is -0.753. The summed E-state index contributed by atoms with van der Waals surface area (Å²) in [6, 6.07) is 14.1. The fourth-order valence-electron chi connectivity index (χ4n) is 2.57. The fraction of sp³-hybridized carbons (Fsp3) is 0.200. The smallest absolute Gasteiger partial charge is 0.232 e. The molecular formula is C20H19NO4. The van der Waals surface area contributed by atoms with E-state index in [4.69, 9.17) is 9.47 Å². The van der Waals surface area contributed by atoms with Crippen LogP contribution in [0.1, 0.15) is 34.6 Å². The van der Waals surface area contributed by atoms with Gasteiger partial charge in [0.2, 0.25) is 6.29 Å². The highest BCUT2D eigenvalue weighted by Crippen LogP contribution is 2.31. The fourth-order valence-corrected chi connectivity index (χ4v) is 2.57. The van der Waals surface area contributed by atoms with E-state index in [0.717, 1.165) is 5.69 Å². The van der Waals surface area contributed by atoms with Crippen LogP contribution in [-0.4, -0.2) is 24.5 Å². The largest absolute Gasteiger partial charge is 0.460 e. The number of benzene rings is 2. The summed E-state index contributed by atoms with van der Waals surface area (Å²) >= 11 is 0. The van der Waals surface area contributed by atoms with E-state index in [1.165, 1.54) is 6.92 Å². The topological polar surface area (TPSA) is 64.6 Å². The van der Waals surface area contributed by atoms with Gasteiger partial charge in [-0.2, -0.15) is 0 Å². The second-order valence-corrected chi connectivity index (χ2v) is 5.61. The number of Topliss-reactive ketones (excluding diaryl/α,β-unsaturated/α-hetero) is 2. The molecule has 0 saturated heterocycles. The number of ether oxygens (including phenoxy) is 2. The summed E-state index contributed by atoms with van der Waals surface area (Å²) in [7, 11) is 0. The van der Waals surface area contributed by atoms with Gasteiger partial charge >= 0.3 is 0 Å². The van der Waals surface area contributed by atoms with Crippen LogP contribution in [0.25, 0.3) is 0 Å². The Balaban J connectivity index is 1.86. The molecule has 1 aliphatic heterocycles. The Morgan fingerprint density at radius 1 is 1.20 bits per heavy atom. The third-order valence-corrected chi connectivity index (χ3v) is 3.89. The molecule has 0 amide bonds. The van der Waals surface area contributed by atoms with E-state index in [9.17, 15) is 9.59 Å². The van der Waals surface area contributed by atoms with Crippen molar-refractivity contribution in [1.82, 2.24) is 0 Å². The van der Waals surface area contributed by atoms with Crippen molar-refractivity contribution in [2.75, 3.05) is 11.9 Å². The minimum Gasteiger partial charge on any atom is -0.460 e. The molecule has 1 N–H and O–H groups in total. The molecule has 128 valence electrons. The first-order valence-corrected chi connectivity index (χ1v) is 8.09. The third-order valence-electron chi connectivity index (χ3n) is 3.89. The van der Waals surface area contributed by atoms with Gasteiger partial charge in [0.15, 0.2) is 11.6 Å². The number of carbonyl (C=O) groups excluding carboxylic acids is 2. The summed E-state index contributed by atoms with van der Waals surface area (Å²) in [6.45, 7) is 3.79. The lowest BCUT2D eigenvalue weighted by molar-refractivity contribution is -0.0509. The highest BCUT2D eigenvalue weighted by Gasteiger charge is 2.32. The zero-order valence-corrected chi connectivity index (χ0v) is 14.1. The molecule has 5 nitrogen and oxygen atoms in total. The van der Waals surface area contributed by atoms with Gasteiger partial charge in [0, 0.05) is 24.1 Å². The normalized spacial score (nSPS) is 17.8. The molecule has 0 saturated carbocycles. The minimum absolute atomic E-state index is 0.00813. The quantitative estimate of drug-likeness (QED) is 0.664.